The van der Waals surface area contributed by atoms with Gasteiger partial charge in [0.1, 0.15) is 5.69 Å². The molecule has 0 bridgehead atoms. The maximum atomic E-state index is 12.2. The minimum Gasteiger partial charge on any atom is -0.343 e. The van der Waals surface area contributed by atoms with Gasteiger partial charge < -0.3 is 5.32 Å². The van der Waals surface area contributed by atoms with E-state index in [2.05, 4.69) is 10.4 Å². The van der Waals surface area contributed by atoms with Gasteiger partial charge >= 0.3 is 0 Å². The molecule has 0 unspecified atom stereocenters. The summed E-state index contributed by atoms with van der Waals surface area (Å²) in [6.45, 7) is 6.43. The number of alkyl halides is 2. The number of aromatic nitrogens is 2. The Balaban J connectivity index is 2.93. The zero-order valence-corrected chi connectivity index (χ0v) is 12.5. The van der Waals surface area contributed by atoms with Crippen molar-refractivity contribution < 1.29 is 4.79 Å². The minimum atomic E-state index is -0.602. The van der Waals surface area contributed by atoms with Crippen LogP contribution in [-0.2, 0) is 13.0 Å². The van der Waals surface area contributed by atoms with Gasteiger partial charge in [0.05, 0.1) is 11.2 Å². The van der Waals surface area contributed by atoms with E-state index in [1.165, 1.54) is 0 Å². The summed E-state index contributed by atoms with van der Waals surface area (Å²) in [6, 6.07) is 1.81. The van der Waals surface area contributed by atoms with E-state index < -0.39 is 5.54 Å². The summed E-state index contributed by atoms with van der Waals surface area (Å²) < 4.78 is 1.69. The fourth-order valence-corrected chi connectivity index (χ4v) is 1.93. The summed E-state index contributed by atoms with van der Waals surface area (Å²) in [7, 11) is 0. The largest absolute Gasteiger partial charge is 0.343 e. The van der Waals surface area contributed by atoms with Crippen molar-refractivity contribution in [1.82, 2.24) is 15.1 Å². The first-order valence-corrected chi connectivity index (χ1v) is 7.07. The first-order chi connectivity index (χ1) is 8.49. The molecule has 1 amide bonds. The van der Waals surface area contributed by atoms with Crippen LogP contribution in [0.3, 0.4) is 0 Å². The molecule has 0 saturated heterocycles. The molecule has 18 heavy (non-hydrogen) atoms. The summed E-state index contributed by atoms with van der Waals surface area (Å²) in [5.74, 6) is 0.347. The number of nitrogens with one attached hydrogen (secondary N) is 1. The van der Waals surface area contributed by atoms with Crippen molar-refractivity contribution in [2.24, 2.45) is 0 Å². The fourth-order valence-electron chi connectivity index (χ4n) is 1.51. The molecule has 1 heterocycles. The normalized spacial score (nSPS) is 11.6. The van der Waals surface area contributed by atoms with Crippen LogP contribution in [-0.4, -0.2) is 33.0 Å². The second kappa shape index (κ2) is 6.43. The molecule has 0 aromatic carbocycles. The van der Waals surface area contributed by atoms with Crippen LogP contribution in [0, 0.1) is 0 Å². The Morgan fingerprint density at radius 1 is 1.44 bits per heavy atom. The lowest BCUT2D eigenvalue weighted by Crippen LogP contribution is -2.49. The highest BCUT2D eigenvalue weighted by Gasteiger charge is 2.26. The van der Waals surface area contributed by atoms with Gasteiger partial charge in [-0.2, -0.15) is 5.10 Å². The van der Waals surface area contributed by atoms with E-state index in [4.69, 9.17) is 23.2 Å². The molecule has 1 N–H and O–H groups in total. The van der Waals surface area contributed by atoms with Gasteiger partial charge in [0.2, 0.25) is 0 Å². The lowest BCUT2D eigenvalue weighted by atomic mass is 10.1. The molecule has 0 saturated carbocycles. The van der Waals surface area contributed by atoms with Crippen molar-refractivity contribution in [3.63, 3.8) is 0 Å². The molecular weight excluding hydrogens is 273 g/mol. The Morgan fingerprint density at radius 3 is 2.50 bits per heavy atom. The van der Waals surface area contributed by atoms with Gasteiger partial charge in [-0.15, -0.1) is 23.2 Å². The Hall–Kier alpha value is -0.740. The molecule has 102 valence electrons. The number of hydrogen-bond donors (Lipinski definition) is 1. The van der Waals surface area contributed by atoms with Gasteiger partial charge in [0, 0.05) is 18.3 Å². The minimum absolute atomic E-state index is 0.187. The number of rotatable bonds is 6. The van der Waals surface area contributed by atoms with Crippen LogP contribution in [0.4, 0.5) is 0 Å². The third-order valence-corrected chi connectivity index (χ3v) is 3.91. The predicted octanol–water partition coefficient (Wildman–Crippen LogP) is 2.43. The third-order valence-electron chi connectivity index (χ3n) is 2.73. The van der Waals surface area contributed by atoms with Crippen LogP contribution in [0.25, 0.3) is 0 Å². The number of aryl methyl sites for hydroxylation is 2. The predicted molar refractivity (Wildman–Crippen MR) is 74.6 cm³/mol. The smallest absolute Gasteiger partial charge is 0.270 e. The Labute approximate surface area is 118 Å². The van der Waals surface area contributed by atoms with Gasteiger partial charge in [0.25, 0.3) is 5.91 Å². The second-order valence-corrected chi connectivity index (χ2v) is 5.01. The van der Waals surface area contributed by atoms with E-state index in [0.717, 1.165) is 12.1 Å². The van der Waals surface area contributed by atoms with Gasteiger partial charge in [0.15, 0.2) is 0 Å². The fraction of sp³-hybridized carbons (Fsp3) is 0.667. The lowest BCUT2D eigenvalue weighted by Gasteiger charge is -2.25. The molecule has 0 aliphatic carbocycles. The van der Waals surface area contributed by atoms with Crippen molar-refractivity contribution in [2.45, 2.75) is 39.3 Å². The van der Waals surface area contributed by atoms with Gasteiger partial charge in [-0.05, 0) is 26.3 Å². The van der Waals surface area contributed by atoms with Crippen LogP contribution >= 0.6 is 23.2 Å². The molecule has 6 heteroatoms. The molecule has 0 radical (unpaired) electrons. The van der Waals surface area contributed by atoms with Crippen molar-refractivity contribution in [1.29, 1.82) is 0 Å². The highest BCUT2D eigenvalue weighted by atomic mass is 35.5. The lowest BCUT2D eigenvalue weighted by molar-refractivity contribution is 0.0910. The molecule has 1 aromatic heterocycles. The molecule has 1 rings (SSSR count). The Morgan fingerprint density at radius 2 is 2.06 bits per heavy atom. The monoisotopic (exact) mass is 291 g/mol. The number of carbonyl (C=O) groups excluding carboxylic acids is 1. The number of halogens is 2. The van der Waals surface area contributed by atoms with Crippen LogP contribution in [0.1, 0.15) is 37.0 Å². The van der Waals surface area contributed by atoms with Gasteiger partial charge in [-0.1, -0.05) is 6.92 Å². The molecular formula is C12H19Cl2N3O. The maximum absolute atomic E-state index is 12.2. The zero-order valence-electron chi connectivity index (χ0n) is 11.0. The SMILES string of the molecule is CCc1cc(C(=O)NC(C)(CCl)CCl)n(CC)n1. The van der Waals surface area contributed by atoms with Crippen LogP contribution in [0.15, 0.2) is 6.07 Å². The van der Waals surface area contributed by atoms with Crippen LogP contribution in [0.5, 0.6) is 0 Å². The summed E-state index contributed by atoms with van der Waals surface area (Å²) in [6.07, 6.45) is 0.801. The third kappa shape index (κ3) is 3.39. The topological polar surface area (TPSA) is 46.9 Å². The molecule has 0 spiro atoms. The van der Waals surface area contributed by atoms with Crippen LogP contribution in [0.2, 0.25) is 0 Å². The Kier molecular flexibility index (Phi) is 5.47. The molecule has 0 fully saturated rings. The maximum Gasteiger partial charge on any atom is 0.270 e. The van der Waals surface area contributed by atoms with Crippen molar-refractivity contribution in [3.05, 3.63) is 17.5 Å². The van der Waals surface area contributed by atoms with Gasteiger partial charge in [-0.3, -0.25) is 9.48 Å². The number of carbonyl (C=O) groups is 1. The molecule has 0 aliphatic heterocycles. The Bertz CT molecular complexity index is 413. The summed E-state index contributed by atoms with van der Waals surface area (Å²) in [5, 5.41) is 7.20. The zero-order chi connectivity index (χ0) is 13.8. The molecule has 4 nitrogen and oxygen atoms in total. The molecule has 1 aromatic rings. The summed E-state index contributed by atoms with van der Waals surface area (Å²) >= 11 is 11.6. The quantitative estimate of drug-likeness (QED) is 0.819. The van der Waals surface area contributed by atoms with E-state index in [1.807, 2.05) is 26.8 Å². The van der Waals surface area contributed by atoms with E-state index in [1.54, 1.807) is 4.68 Å². The highest BCUT2D eigenvalue weighted by Crippen LogP contribution is 2.12. The number of amides is 1. The van der Waals surface area contributed by atoms with Crippen molar-refractivity contribution in [3.8, 4) is 0 Å². The van der Waals surface area contributed by atoms with Crippen LogP contribution < -0.4 is 5.32 Å². The standard InChI is InChI=1S/C12H19Cl2N3O/c1-4-9-6-10(17(5-2)16-9)11(18)15-12(3,7-13)8-14/h6H,4-5,7-8H2,1-3H3,(H,15,18). The van der Waals surface area contributed by atoms with Crippen molar-refractivity contribution in [2.75, 3.05) is 11.8 Å². The number of hydrogen-bond acceptors (Lipinski definition) is 2. The average Bonchev–Trinajstić information content (AvgIpc) is 2.81. The highest BCUT2D eigenvalue weighted by molar-refractivity contribution is 6.22. The van der Waals surface area contributed by atoms with E-state index in [-0.39, 0.29) is 17.7 Å². The summed E-state index contributed by atoms with van der Waals surface area (Å²) in [4.78, 5) is 12.2. The number of nitrogens with zero attached hydrogens (tertiary/aromatic N) is 2. The van der Waals surface area contributed by atoms with E-state index in [9.17, 15) is 4.79 Å². The first kappa shape index (κ1) is 15.3. The van der Waals surface area contributed by atoms with Crippen molar-refractivity contribution >= 4 is 29.1 Å². The second-order valence-electron chi connectivity index (χ2n) is 4.47. The van der Waals surface area contributed by atoms with E-state index in [0.29, 0.717) is 12.2 Å². The average molecular weight is 292 g/mol. The van der Waals surface area contributed by atoms with E-state index >= 15 is 0 Å². The van der Waals surface area contributed by atoms with Gasteiger partial charge in [-0.25, -0.2) is 0 Å². The first-order valence-electron chi connectivity index (χ1n) is 6.00. The molecule has 0 aliphatic rings. The summed E-state index contributed by atoms with van der Waals surface area (Å²) in [5.41, 5.74) is 0.853. The molecule has 0 atom stereocenters.